The standard InChI is InChI=1S/C25H30FN5O/c1-16(2)23-21-12-20(32-10-9-30-8-4-5-19(26)14-30)6-7-22(21)29-24(23)18-11-17(3)25-27-15-28-31(25)13-18/h6-7,11-13,15-16,19,29H,4-5,8-10,14H2,1-3H3. The molecule has 1 atom stereocenters. The SMILES string of the molecule is Cc1cc(-c2[nH]c3ccc(OCCN4CCCC(F)C4)cc3c2C(C)C)cn2ncnc12. The van der Waals surface area contributed by atoms with Gasteiger partial charge in [-0.3, -0.25) is 4.90 Å². The number of hydrogen-bond acceptors (Lipinski definition) is 4. The monoisotopic (exact) mass is 435 g/mol. The van der Waals surface area contributed by atoms with Crippen molar-refractivity contribution in [2.24, 2.45) is 0 Å². The fourth-order valence-electron chi connectivity index (χ4n) is 4.83. The largest absolute Gasteiger partial charge is 0.492 e. The molecule has 32 heavy (non-hydrogen) atoms. The Hall–Kier alpha value is -2.93. The molecule has 3 aromatic heterocycles. The Bertz CT molecular complexity index is 1240. The zero-order chi connectivity index (χ0) is 22.2. The highest BCUT2D eigenvalue weighted by atomic mass is 19.1. The molecule has 0 radical (unpaired) electrons. The Balaban J connectivity index is 1.43. The number of alkyl halides is 1. The highest BCUT2D eigenvalue weighted by Gasteiger charge is 2.20. The minimum atomic E-state index is -0.702. The topological polar surface area (TPSA) is 58.5 Å². The molecule has 0 amide bonds. The van der Waals surface area contributed by atoms with E-state index in [1.165, 1.54) is 10.9 Å². The van der Waals surface area contributed by atoms with Crippen molar-refractivity contribution in [3.8, 4) is 17.0 Å². The van der Waals surface area contributed by atoms with E-state index in [0.717, 1.165) is 53.2 Å². The smallest absolute Gasteiger partial charge is 0.158 e. The number of H-pyrrole nitrogens is 1. The fraction of sp³-hybridized carbons (Fsp3) is 0.440. The number of hydrogen-bond donors (Lipinski definition) is 1. The Labute approximate surface area is 187 Å². The highest BCUT2D eigenvalue weighted by Crippen LogP contribution is 2.37. The molecule has 0 bridgehead atoms. The van der Waals surface area contributed by atoms with Crippen LogP contribution < -0.4 is 4.74 Å². The molecular formula is C25H30FN5O. The van der Waals surface area contributed by atoms with Gasteiger partial charge in [0.2, 0.25) is 0 Å². The summed E-state index contributed by atoms with van der Waals surface area (Å²) < 4.78 is 21.5. The van der Waals surface area contributed by atoms with E-state index in [1.54, 1.807) is 6.33 Å². The van der Waals surface area contributed by atoms with Gasteiger partial charge in [0.05, 0.1) is 5.69 Å². The highest BCUT2D eigenvalue weighted by molar-refractivity contribution is 5.92. The van der Waals surface area contributed by atoms with E-state index in [4.69, 9.17) is 4.74 Å². The zero-order valence-electron chi connectivity index (χ0n) is 18.9. The number of fused-ring (bicyclic) bond motifs is 2. The second-order valence-corrected chi connectivity index (χ2v) is 9.10. The molecule has 1 fully saturated rings. The van der Waals surface area contributed by atoms with Crippen LogP contribution in [0.1, 0.15) is 43.7 Å². The molecule has 4 heterocycles. The number of nitrogens with one attached hydrogen (secondary N) is 1. The first-order valence-corrected chi connectivity index (χ1v) is 11.4. The summed E-state index contributed by atoms with van der Waals surface area (Å²) in [7, 11) is 0. The molecule has 0 saturated carbocycles. The van der Waals surface area contributed by atoms with Gasteiger partial charge < -0.3 is 9.72 Å². The summed E-state index contributed by atoms with van der Waals surface area (Å²) in [5.74, 6) is 1.18. The van der Waals surface area contributed by atoms with Crippen LogP contribution in [0.4, 0.5) is 4.39 Å². The van der Waals surface area contributed by atoms with Gasteiger partial charge in [-0.25, -0.2) is 13.9 Å². The number of pyridine rings is 1. The summed E-state index contributed by atoms with van der Waals surface area (Å²) in [5, 5.41) is 5.50. The Morgan fingerprint density at radius 1 is 1.28 bits per heavy atom. The second-order valence-electron chi connectivity index (χ2n) is 9.10. The molecule has 1 N–H and O–H groups in total. The van der Waals surface area contributed by atoms with E-state index in [9.17, 15) is 4.39 Å². The van der Waals surface area contributed by atoms with Gasteiger partial charge in [-0.2, -0.15) is 5.10 Å². The predicted octanol–water partition coefficient (Wildman–Crippen LogP) is 5.12. The van der Waals surface area contributed by atoms with E-state index in [1.807, 2.05) is 16.8 Å². The third kappa shape index (κ3) is 3.97. The van der Waals surface area contributed by atoms with Crippen molar-refractivity contribution in [1.82, 2.24) is 24.5 Å². The number of piperidine rings is 1. The Kier molecular flexibility index (Phi) is 5.59. The number of aryl methyl sites for hydroxylation is 1. The van der Waals surface area contributed by atoms with Crippen LogP contribution in [0, 0.1) is 6.92 Å². The minimum Gasteiger partial charge on any atom is -0.492 e. The maximum atomic E-state index is 13.6. The lowest BCUT2D eigenvalue weighted by molar-refractivity contribution is 0.121. The zero-order valence-corrected chi connectivity index (χ0v) is 18.9. The van der Waals surface area contributed by atoms with Crippen molar-refractivity contribution in [3.63, 3.8) is 0 Å². The minimum absolute atomic E-state index is 0.329. The quantitative estimate of drug-likeness (QED) is 0.457. The van der Waals surface area contributed by atoms with E-state index in [-0.39, 0.29) is 0 Å². The average Bonchev–Trinajstić information content (AvgIpc) is 3.38. The van der Waals surface area contributed by atoms with Crippen LogP contribution in [0.5, 0.6) is 5.75 Å². The van der Waals surface area contributed by atoms with Gasteiger partial charge in [-0.1, -0.05) is 13.8 Å². The molecule has 5 rings (SSSR count). The number of aromatic nitrogens is 4. The van der Waals surface area contributed by atoms with Gasteiger partial charge in [0.25, 0.3) is 0 Å². The molecule has 1 saturated heterocycles. The number of likely N-dealkylation sites (tertiary alicyclic amines) is 1. The van der Waals surface area contributed by atoms with Crippen molar-refractivity contribution in [1.29, 1.82) is 0 Å². The number of nitrogens with zero attached hydrogens (tertiary/aromatic N) is 4. The van der Waals surface area contributed by atoms with Crippen molar-refractivity contribution < 1.29 is 9.13 Å². The number of halogens is 1. The number of benzene rings is 1. The van der Waals surface area contributed by atoms with Crippen LogP contribution in [0.3, 0.4) is 0 Å². The lowest BCUT2D eigenvalue weighted by atomic mass is 9.96. The molecule has 1 aliphatic rings. The van der Waals surface area contributed by atoms with E-state index in [0.29, 0.717) is 25.5 Å². The fourth-order valence-corrected chi connectivity index (χ4v) is 4.83. The van der Waals surface area contributed by atoms with Gasteiger partial charge >= 0.3 is 0 Å². The number of rotatable bonds is 6. The summed E-state index contributed by atoms with van der Waals surface area (Å²) in [6, 6.07) is 8.38. The van der Waals surface area contributed by atoms with Crippen molar-refractivity contribution >= 4 is 16.6 Å². The molecule has 1 unspecified atom stereocenters. The predicted molar refractivity (Wildman–Crippen MR) is 125 cm³/mol. The van der Waals surface area contributed by atoms with E-state index in [2.05, 4.69) is 58.9 Å². The lowest BCUT2D eigenvalue weighted by Crippen LogP contribution is -2.38. The van der Waals surface area contributed by atoms with E-state index >= 15 is 0 Å². The molecule has 7 heteroatoms. The molecule has 1 aliphatic heterocycles. The van der Waals surface area contributed by atoms with Gasteiger partial charge in [0.1, 0.15) is 24.9 Å². The normalized spacial score (nSPS) is 17.6. The molecule has 1 aromatic carbocycles. The van der Waals surface area contributed by atoms with Crippen LogP contribution >= 0.6 is 0 Å². The van der Waals surface area contributed by atoms with Crippen molar-refractivity contribution in [2.75, 3.05) is 26.2 Å². The molecule has 168 valence electrons. The second kappa shape index (κ2) is 8.54. The van der Waals surface area contributed by atoms with Crippen LogP contribution in [0.2, 0.25) is 0 Å². The number of aromatic amines is 1. The molecule has 0 aliphatic carbocycles. The first kappa shape index (κ1) is 20.9. The summed E-state index contributed by atoms with van der Waals surface area (Å²) in [4.78, 5) is 10.1. The Morgan fingerprint density at radius 2 is 2.16 bits per heavy atom. The van der Waals surface area contributed by atoms with Crippen LogP contribution in [-0.2, 0) is 0 Å². The first-order valence-electron chi connectivity index (χ1n) is 11.4. The van der Waals surface area contributed by atoms with Gasteiger partial charge in [-0.05, 0) is 67.6 Å². The summed E-state index contributed by atoms with van der Waals surface area (Å²) in [6.45, 7) is 9.28. The molecular weight excluding hydrogens is 405 g/mol. The maximum Gasteiger partial charge on any atom is 0.158 e. The summed E-state index contributed by atoms with van der Waals surface area (Å²) >= 11 is 0. The number of ether oxygens (including phenoxy) is 1. The third-order valence-corrected chi connectivity index (χ3v) is 6.36. The van der Waals surface area contributed by atoms with Crippen molar-refractivity contribution in [3.05, 3.63) is 47.9 Å². The molecule has 6 nitrogen and oxygen atoms in total. The average molecular weight is 436 g/mol. The van der Waals surface area contributed by atoms with Gasteiger partial charge in [0, 0.05) is 35.8 Å². The van der Waals surface area contributed by atoms with Crippen molar-refractivity contribution in [2.45, 2.75) is 45.7 Å². The summed E-state index contributed by atoms with van der Waals surface area (Å²) in [5.41, 5.74) is 6.51. The van der Waals surface area contributed by atoms with Gasteiger partial charge in [-0.15, -0.1) is 0 Å². The van der Waals surface area contributed by atoms with Crippen LogP contribution in [-0.4, -0.2) is 56.9 Å². The van der Waals surface area contributed by atoms with Gasteiger partial charge in [0.15, 0.2) is 5.65 Å². The molecule has 0 spiro atoms. The Morgan fingerprint density at radius 3 is 2.97 bits per heavy atom. The third-order valence-electron chi connectivity index (χ3n) is 6.36. The van der Waals surface area contributed by atoms with Crippen LogP contribution in [0.15, 0.2) is 36.8 Å². The van der Waals surface area contributed by atoms with Crippen LogP contribution in [0.25, 0.3) is 27.8 Å². The lowest BCUT2D eigenvalue weighted by Gasteiger charge is -2.28. The molecule has 4 aromatic rings. The maximum absolute atomic E-state index is 13.6. The summed E-state index contributed by atoms with van der Waals surface area (Å²) in [6.07, 6.45) is 4.52. The van der Waals surface area contributed by atoms with E-state index < -0.39 is 6.17 Å². The first-order chi connectivity index (χ1) is 15.5.